The molecule has 1 saturated heterocycles. The van der Waals surface area contributed by atoms with E-state index in [2.05, 4.69) is 20.4 Å². The van der Waals surface area contributed by atoms with Crippen molar-refractivity contribution in [2.75, 3.05) is 18.0 Å². The van der Waals surface area contributed by atoms with E-state index in [9.17, 15) is 9.59 Å². The fourth-order valence-electron chi connectivity index (χ4n) is 2.88. The average Bonchev–Trinajstić information content (AvgIpc) is 3.07. The van der Waals surface area contributed by atoms with Gasteiger partial charge in [0.2, 0.25) is 0 Å². The number of piperidine rings is 1. The topological polar surface area (TPSA) is 85.0 Å². The Balaban J connectivity index is 1.65. The van der Waals surface area contributed by atoms with Crippen molar-refractivity contribution >= 4 is 11.7 Å². The highest BCUT2D eigenvalue weighted by Crippen LogP contribution is 2.17. The number of rotatable bonds is 4. The summed E-state index contributed by atoms with van der Waals surface area (Å²) < 4.78 is 3.06. The van der Waals surface area contributed by atoms with Gasteiger partial charge < -0.3 is 10.2 Å². The standard InChI is InChI=1S/C16H22N6O2/c1-3-22-10-12(9-17-22)16(24)18-13-5-4-8-21(11-13)14-6-7-15(23)20(2)19-14/h6-7,9-10,13H,3-5,8,11H2,1-2H3,(H,18,24). The van der Waals surface area contributed by atoms with Gasteiger partial charge in [-0.05, 0) is 25.8 Å². The first-order valence-corrected chi connectivity index (χ1v) is 8.19. The molecular weight excluding hydrogens is 308 g/mol. The smallest absolute Gasteiger partial charge is 0.266 e. The minimum absolute atomic E-state index is 0.0512. The molecule has 0 spiro atoms. The highest BCUT2D eigenvalue weighted by Gasteiger charge is 2.23. The van der Waals surface area contributed by atoms with Crippen molar-refractivity contribution in [1.82, 2.24) is 24.9 Å². The van der Waals surface area contributed by atoms with E-state index in [1.807, 2.05) is 6.92 Å². The van der Waals surface area contributed by atoms with Crippen LogP contribution in [0.4, 0.5) is 5.82 Å². The number of anilines is 1. The molecule has 0 saturated carbocycles. The minimum atomic E-state index is -0.131. The molecule has 2 aromatic heterocycles. The van der Waals surface area contributed by atoms with Gasteiger partial charge in [0.05, 0.1) is 11.8 Å². The molecule has 1 unspecified atom stereocenters. The van der Waals surface area contributed by atoms with Crippen molar-refractivity contribution in [3.63, 3.8) is 0 Å². The second-order valence-electron chi connectivity index (χ2n) is 6.00. The number of hydrogen-bond donors (Lipinski definition) is 1. The number of carbonyl (C=O) groups excluding carboxylic acids is 1. The Morgan fingerprint density at radius 2 is 2.25 bits per heavy atom. The second-order valence-corrected chi connectivity index (χ2v) is 6.00. The largest absolute Gasteiger partial charge is 0.353 e. The van der Waals surface area contributed by atoms with Gasteiger partial charge in [0, 0.05) is 45.0 Å². The van der Waals surface area contributed by atoms with E-state index in [1.165, 1.54) is 10.7 Å². The molecule has 0 aliphatic carbocycles. The molecule has 1 N–H and O–H groups in total. The van der Waals surface area contributed by atoms with E-state index in [1.54, 1.807) is 30.2 Å². The molecule has 1 fully saturated rings. The number of nitrogens with zero attached hydrogens (tertiary/aromatic N) is 5. The molecule has 3 heterocycles. The molecule has 128 valence electrons. The highest BCUT2D eigenvalue weighted by molar-refractivity contribution is 5.93. The summed E-state index contributed by atoms with van der Waals surface area (Å²) in [5, 5.41) is 11.5. The van der Waals surface area contributed by atoms with Crippen LogP contribution in [0.25, 0.3) is 0 Å². The number of amides is 1. The Hall–Kier alpha value is -2.64. The lowest BCUT2D eigenvalue weighted by atomic mass is 10.1. The number of nitrogens with one attached hydrogen (secondary N) is 1. The molecule has 1 atom stereocenters. The summed E-state index contributed by atoms with van der Waals surface area (Å²) >= 11 is 0. The maximum Gasteiger partial charge on any atom is 0.266 e. The molecule has 1 aliphatic rings. The van der Waals surface area contributed by atoms with Crippen LogP contribution < -0.4 is 15.8 Å². The molecular formula is C16H22N6O2. The Kier molecular flexibility index (Phi) is 4.64. The first-order valence-electron chi connectivity index (χ1n) is 8.19. The molecule has 8 heteroatoms. The van der Waals surface area contributed by atoms with E-state index in [-0.39, 0.29) is 17.5 Å². The van der Waals surface area contributed by atoms with E-state index >= 15 is 0 Å². The molecule has 2 aromatic rings. The first kappa shape index (κ1) is 16.2. The summed E-state index contributed by atoms with van der Waals surface area (Å²) in [7, 11) is 1.64. The van der Waals surface area contributed by atoms with Crippen LogP contribution in [0.5, 0.6) is 0 Å². The van der Waals surface area contributed by atoms with Crippen LogP contribution in [0.3, 0.4) is 0 Å². The maximum absolute atomic E-state index is 12.3. The van der Waals surface area contributed by atoms with Gasteiger partial charge in [-0.1, -0.05) is 0 Å². The van der Waals surface area contributed by atoms with Crippen LogP contribution in [0.2, 0.25) is 0 Å². The fourth-order valence-corrected chi connectivity index (χ4v) is 2.88. The molecule has 0 aromatic carbocycles. The van der Waals surface area contributed by atoms with Crippen LogP contribution in [0.1, 0.15) is 30.1 Å². The van der Waals surface area contributed by atoms with Crippen LogP contribution in [-0.2, 0) is 13.6 Å². The number of hydrogen-bond acceptors (Lipinski definition) is 5. The van der Waals surface area contributed by atoms with Gasteiger partial charge >= 0.3 is 0 Å². The van der Waals surface area contributed by atoms with Crippen molar-refractivity contribution in [3.8, 4) is 0 Å². The maximum atomic E-state index is 12.3. The zero-order valence-corrected chi connectivity index (χ0v) is 14.0. The summed E-state index contributed by atoms with van der Waals surface area (Å²) in [4.78, 5) is 25.9. The van der Waals surface area contributed by atoms with E-state index in [0.29, 0.717) is 12.1 Å². The van der Waals surface area contributed by atoms with Gasteiger partial charge in [0.15, 0.2) is 0 Å². The molecule has 0 radical (unpaired) electrons. The van der Waals surface area contributed by atoms with Gasteiger partial charge in [-0.2, -0.15) is 10.2 Å². The lowest BCUT2D eigenvalue weighted by molar-refractivity contribution is 0.0933. The van der Waals surface area contributed by atoms with E-state index < -0.39 is 0 Å². The van der Waals surface area contributed by atoms with Crippen molar-refractivity contribution < 1.29 is 4.79 Å². The molecule has 0 bridgehead atoms. The fraction of sp³-hybridized carbons (Fsp3) is 0.500. The number of aromatic nitrogens is 4. The SMILES string of the molecule is CCn1cc(C(=O)NC2CCCN(c3ccc(=O)n(C)n3)C2)cn1. The predicted octanol–water partition coefficient (Wildman–Crippen LogP) is 0.396. The zero-order chi connectivity index (χ0) is 17.1. The van der Waals surface area contributed by atoms with Crippen LogP contribution in [-0.4, -0.2) is 44.6 Å². The van der Waals surface area contributed by atoms with Crippen molar-refractivity contribution in [2.45, 2.75) is 32.4 Å². The van der Waals surface area contributed by atoms with Crippen LogP contribution >= 0.6 is 0 Å². The van der Waals surface area contributed by atoms with Gasteiger partial charge in [-0.25, -0.2) is 4.68 Å². The molecule has 8 nitrogen and oxygen atoms in total. The highest BCUT2D eigenvalue weighted by atomic mass is 16.2. The van der Waals surface area contributed by atoms with Gasteiger partial charge in [-0.15, -0.1) is 0 Å². The quantitative estimate of drug-likeness (QED) is 0.877. The van der Waals surface area contributed by atoms with Crippen molar-refractivity contribution in [1.29, 1.82) is 0 Å². The third-order valence-electron chi connectivity index (χ3n) is 4.25. The zero-order valence-electron chi connectivity index (χ0n) is 14.0. The van der Waals surface area contributed by atoms with Crippen LogP contribution in [0.15, 0.2) is 29.3 Å². The predicted molar refractivity (Wildman–Crippen MR) is 90.1 cm³/mol. The third-order valence-corrected chi connectivity index (χ3v) is 4.25. The van der Waals surface area contributed by atoms with Crippen molar-refractivity contribution in [2.24, 2.45) is 7.05 Å². The van der Waals surface area contributed by atoms with Crippen LogP contribution in [0, 0.1) is 0 Å². The van der Waals surface area contributed by atoms with E-state index in [0.717, 1.165) is 31.7 Å². The lowest BCUT2D eigenvalue weighted by Crippen LogP contribution is -2.48. The van der Waals surface area contributed by atoms with E-state index in [4.69, 9.17) is 0 Å². The Morgan fingerprint density at radius 3 is 2.96 bits per heavy atom. The first-order chi connectivity index (χ1) is 11.6. The Labute approximate surface area is 140 Å². The summed E-state index contributed by atoms with van der Waals surface area (Å²) in [5.74, 6) is 0.657. The molecule has 1 aliphatic heterocycles. The average molecular weight is 330 g/mol. The monoisotopic (exact) mass is 330 g/mol. The van der Waals surface area contributed by atoms with Gasteiger partial charge in [0.25, 0.3) is 11.5 Å². The second kappa shape index (κ2) is 6.86. The summed E-state index contributed by atoms with van der Waals surface area (Å²) in [6.45, 7) is 4.26. The molecule has 3 rings (SSSR count). The Morgan fingerprint density at radius 1 is 1.42 bits per heavy atom. The summed E-state index contributed by atoms with van der Waals surface area (Å²) in [6, 6.07) is 3.30. The third kappa shape index (κ3) is 3.47. The molecule has 24 heavy (non-hydrogen) atoms. The normalized spacial score (nSPS) is 17.8. The Bertz CT molecular complexity index is 781. The lowest BCUT2D eigenvalue weighted by Gasteiger charge is -2.33. The van der Waals surface area contributed by atoms with Gasteiger partial charge in [0.1, 0.15) is 5.82 Å². The molecule has 1 amide bonds. The van der Waals surface area contributed by atoms with Gasteiger partial charge in [-0.3, -0.25) is 14.3 Å². The minimum Gasteiger partial charge on any atom is -0.353 e. The summed E-state index contributed by atoms with van der Waals surface area (Å²) in [6.07, 6.45) is 5.23. The summed E-state index contributed by atoms with van der Waals surface area (Å²) in [5.41, 5.74) is 0.447. The number of aryl methyl sites for hydroxylation is 2. The van der Waals surface area contributed by atoms with Crippen molar-refractivity contribution in [3.05, 3.63) is 40.4 Å². The number of carbonyl (C=O) groups is 1.